The summed E-state index contributed by atoms with van der Waals surface area (Å²) in [5, 5.41) is 14.4. The van der Waals surface area contributed by atoms with Gasteiger partial charge in [-0.3, -0.25) is 0 Å². The molecule has 1 aliphatic rings. The molecule has 0 spiro atoms. The van der Waals surface area contributed by atoms with Gasteiger partial charge >= 0.3 is 0 Å². The molecule has 0 atom stereocenters. The Balaban J connectivity index is 2.10. The van der Waals surface area contributed by atoms with E-state index in [-0.39, 0.29) is 6.61 Å². The highest BCUT2D eigenvalue weighted by Crippen LogP contribution is 2.36. The third-order valence-electron chi connectivity index (χ3n) is 4.29. The monoisotopic (exact) mass is 285 g/mol. The smallest absolute Gasteiger partial charge is 0.138 e. The molecule has 112 valence electrons. The predicted molar refractivity (Wildman–Crippen MR) is 84.8 cm³/mol. The number of aliphatic hydroxyl groups is 1. The Kier molecular flexibility index (Phi) is 3.49. The molecule has 0 aliphatic carbocycles. The van der Waals surface area contributed by atoms with Crippen LogP contribution in [-0.4, -0.2) is 28.0 Å². The number of aliphatic hydroxyl groups excluding tert-OH is 1. The van der Waals surface area contributed by atoms with Crippen LogP contribution in [0.15, 0.2) is 30.3 Å². The van der Waals surface area contributed by atoms with Crippen molar-refractivity contribution >= 4 is 5.82 Å². The standard InChI is InChI=1S/C17H23N3O/c1-13-15(11-21)16(19-10-9-17(2,3)12-19)20(18-13)14-7-5-4-6-8-14/h4-8,21H,9-12H2,1-3H3. The van der Waals surface area contributed by atoms with Gasteiger partial charge in [0.1, 0.15) is 5.82 Å². The lowest BCUT2D eigenvalue weighted by molar-refractivity contribution is 0.281. The lowest BCUT2D eigenvalue weighted by atomic mass is 9.93. The van der Waals surface area contributed by atoms with Crippen LogP contribution in [0.3, 0.4) is 0 Å². The van der Waals surface area contributed by atoms with Gasteiger partial charge in [0.05, 0.1) is 18.0 Å². The summed E-state index contributed by atoms with van der Waals surface area (Å²) in [4.78, 5) is 2.36. The second kappa shape index (κ2) is 5.19. The Labute approximate surface area is 126 Å². The van der Waals surface area contributed by atoms with Crippen molar-refractivity contribution in [3.05, 3.63) is 41.6 Å². The van der Waals surface area contributed by atoms with Crippen molar-refractivity contribution in [3.8, 4) is 5.69 Å². The highest BCUT2D eigenvalue weighted by atomic mass is 16.3. The van der Waals surface area contributed by atoms with Crippen molar-refractivity contribution < 1.29 is 5.11 Å². The summed E-state index contributed by atoms with van der Waals surface area (Å²) in [6, 6.07) is 10.1. The fourth-order valence-corrected chi connectivity index (χ4v) is 3.10. The van der Waals surface area contributed by atoms with Crippen LogP contribution in [-0.2, 0) is 6.61 Å². The zero-order valence-electron chi connectivity index (χ0n) is 13.0. The number of nitrogens with zero attached hydrogens (tertiary/aromatic N) is 3. The maximum absolute atomic E-state index is 9.77. The summed E-state index contributed by atoms with van der Waals surface area (Å²) in [5.74, 6) is 1.05. The van der Waals surface area contributed by atoms with Gasteiger partial charge in [0, 0.05) is 18.7 Å². The van der Waals surface area contributed by atoms with E-state index >= 15 is 0 Å². The predicted octanol–water partition coefficient (Wildman–Crippen LogP) is 2.91. The highest BCUT2D eigenvalue weighted by molar-refractivity contribution is 5.56. The molecule has 2 heterocycles. The van der Waals surface area contributed by atoms with Crippen LogP contribution in [0.4, 0.5) is 5.82 Å². The quantitative estimate of drug-likeness (QED) is 0.942. The lowest BCUT2D eigenvalue weighted by Crippen LogP contribution is -2.26. The van der Waals surface area contributed by atoms with Crippen LogP contribution in [0.2, 0.25) is 0 Å². The summed E-state index contributed by atoms with van der Waals surface area (Å²) in [6.07, 6.45) is 1.16. The molecule has 1 aromatic heterocycles. The third-order valence-corrected chi connectivity index (χ3v) is 4.29. The second-order valence-electron chi connectivity index (χ2n) is 6.63. The van der Waals surface area contributed by atoms with Crippen LogP contribution in [0.1, 0.15) is 31.5 Å². The normalized spacial score (nSPS) is 17.4. The summed E-state index contributed by atoms with van der Waals surface area (Å²) < 4.78 is 1.97. The third kappa shape index (κ3) is 2.56. The van der Waals surface area contributed by atoms with Gasteiger partial charge in [0.2, 0.25) is 0 Å². The van der Waals surface area contributed by atoms with Crippen molar-refractivity contribution in [1.29, 1.82) is 0 Å². The summed E-state index contributed by atoms with van der Waals surface area (Å²) in [5.41, 5.74) is 3.20. The maximum Gasteiger partial charge on any atom is 0.138 e. The van der Waals surface area contributed by atoms with Crippen LogP contribution >= 0.6 is 0 Å². The molecule has 0 radical (unpaired) electrons. The molecule has 1 fully saturated rings. The maximum atomic E-state index is 9.77. The minimum absolute atomic E-state index is 0.0327. The van der Waals surface area contributed by atoms with Gasteiger partial charge < -0.3 is 10.0 Å². The van der Waals surface area contributed by atoms with E-state index < -0.39 is 0 Å². The molecule has 3 rings (SSSR count). The molecule has 1 aliphatic heterocycles. The summed E-state index contributed by atoms with van der Waals surface area (Å²) >= 11 is 0. The minimum Gasteiger partial charge on any atom is -0.391 e. The van der Waals surface area contributed by atoms with Crippen LogP contribution in [0, 0.1) is 12.3 Å². The Bertz CT molecular complexity index is 631. The van der Waals surface area contributed by atoms with E-state index in [1.807, 2.05) is 29.8 Å². The number of para-hydroxylation sites is 1. The molecular weight excluding hydrogens is 262 g/mol. The molecule has 1 N–H and O–H groups in total. The topological polar surface area (TPSA) is 41.3 Å². The number of rotatable bonds is 3. The first-order valence-electron chi connectivity index (χ1n) is 7.51. The number of aryl methyl sites for hydroxylation is 1. The van der Waals surface area contributed by atoms with Crippen molar-refractivity contribution in [2.75, 3.05) is 18.0 Å². The van der Waals surface area contributed by atoms with E-state index in [9.17, 15) is 5.11 Å². The fraction of sp³-hybridized carbons (Fsp3) is 0.471. The van der Waals surface area contributed by atoms with Crippen LogP contribution in [0.5, 0.6) is 0 Å². The van der Waals surface area contributed by atoms with Crippen molar-refractivity contribution in [1.82, 2.24) is 9.78 Å². The molecule has 1 saturated heterocycles. The number of benzene rings is 1. The largest absolute Gasteiger partial charge is 0.391 e. The van der Waals surface area contributed by atoms with E-state index in [0.717, 1.165) is 42.3 Å². The van der Waals surface area contributed by atoms with Crippen LogP contribution < -0.4 is 4.90 Å². The van der Waals surface area contributed by atoms with E-state index in [4.69, 9.17) is 0 Å². The Morgan fingerprint density at radius 2 is 1.95 bits per heavy atom. The van der Waals surface area contributed by atoms with Crippen molar-refractivity contribution in [2.45, 2.75) is 33.8 Å². The van der Waals surface area contributed by atoms with Gasteiger partial charge in [-0.1, -0.05) is 32.0 Å². The molecule has 2 aromatic rings. The van der Waals surface area contributed by atoms with Crippen molar-refractivity contribution in [3.63, 3.8) is 0 Å². The van der Waals surface area contributed by atoms with Gasteiger partial charge in [-0.15, -0.1) is 0 Å². The van der Waals surface area contributed by atoms with Gasteiger partial charge in [0.15, 0.2) is 0 Å². The van der Waals surface area contributed by atoms with E-state index in [1.54, 1.807) is 0 Å². The number of aromatic nitrogens is 2. The molecule has 0 bridgehead atoms. The Morgan fingerprint density at radius 1 is 1.24 bits per heavy atom. The Hall–Kier alpha value is -1.81. The molecule has 21 heavy (non-hydrogen) atoms. The zero-order chi connectivity index (χ0) is 15.0. The SMILES string of the molecule is Cc1nn(-c2ccccc2)c(N2CCC(C)(C)C2)c1CO. The van der Waals surface area contributed by atoms with Crippen molar-refractivity contribution in [2.24, 2.45) is 5.41 Å². The van der Waals surface area contributed by atoms with Crippen LogP contribution in [0.25, 0.3) is 5.69 Å². The van der Waals surface area contributed by atoms with Gasteiger partial charge in [-0.05, 0) is 30.9 Å². The first kappa shape index (κ1) is 14.1. The lowest BCUT2D eigenvalue weighted by Gasteiger charge is -2.23. The van der Waals surface area contributed by atoms with Gasteiger partial charge in [-0.2, -0.15) is 5.10 Å². The summed E-state index contributed by atoms with van der Waals surface area (Å²) in [7, 11) is 0. The fourth-order valence-electron chi connectivity index (χ4n) is 3.10. The summed E-state index contributed by atoms with van der Waals surface area (Å²) in [6.45, 7) is 8.60. The van der Waals surface area contributed by atoms with E-state index in [0.29, 0.717) is 5.41 Å². The van der Waals surface area contributed by atoms with E-state index in [1.165, 1.54) is 0 Å². The van der Waals surface area contributed by atoms with E-state index in [2.05, 4.69) is 36.0 Å². The molecule has 4 heteroatoms. The Morgan fingerprint density at radius 3 is 2.52 bits per heavy atom. The number of hydrogen-bond acceptors (Lipinski definition) is 3. The second-order valence-corrected chi connectivity index (χ2v) is 6.63. The first-order valence-corrected chi connectivity index (χ1v) is 7.51. The van der Waals surface area contributed by atoms with Gasteiger partial charge in [0.25, 0.3) is 0 Å². The molecular formula is C17H23N3O. The molecule has 4 nitrogen and oxygen atoms in total. The molecule has 0 saturated carbocycles. The molecule has 1 aromatic carbocycles. The average molecular weight is 285 g/mol. The number of anilines is 1. The highest BCUT2D eigenvalue weighted by Gasteiger charge is 2.33. The number of hydrogen-bond donors (Lipinski definition) is 1. The average Bonchev–Trinajstić information content (AvgIpc) is 2.99. The van der Waals surface area contributed by atoms with Gasteiger partial charge in [-0.25, -0.2) is 4.68 Å². The molecule has 0 amide bonds. The zero-order valence-corrected chi connectivity index (χ0v) is 13.0. The first-order chi connectivity index (χ1) is 10.0. The minimum atomic E-state index is 0.0327. The molecule has 0 unspecified atom stereocenters.